The molecule has 6 nitrogen and oxygen atoms in total. The Bertz CT molecular complexity index is 768. The molecule has 0 bridgehead atoms. The van der Waals surface area contributed by atoms with Crippen LogP contribution in [0.5, 0.6) is 5.75 Å². The average Bonchev–Trinajstić information content (AvgIpc) is 3.24. The van der Waals surface area contributed by atoms with Gasteiger partial charge in [-0.05, 0) is 42.6 Å². The number of methoxy groups -OCH3 is 1. The fourth-order valence-electron chi connectivity index (χ4n) is 3.20. The summed E-state index contributed by atoms with van der Waals surface area (Å²) in [6, 6.07) is 11.2. The van der Waals surface area contributed by atoms with Crippen LogP contribution in [0.3, 0.4) is 0 Å². The van der Waals surface area contributed by atoms with Crippen LogP contribution in [0.4, 0.5) is 0 Å². The van der Waals surface area contributed by atoms with Gasteiger partial charge in [-0.3, -0.25) is 9.59 Å². The van der Waals surface area contributed by atoms with Gasteiger partial charge in [0.05, 0.1) is 6.04 Å². The van der Waals surface area contributed by atoms with Crippen LogP contribution in [-0.4, -0.2) is 49.6 Å². The van der Waals surface area contributed by atoms with Gasteiger partial charge >= 0.3 is 0 Å². The Labute approximate surface area is 169 Å². The van der Waals surface area contributed by atoms with E-state index in [1.165, 1.54) is 7.11 Å². The third kappa shape index (κ3) is 5.33. The summed E-state index contributed by atoms with van der Waals surface area (Å²) in [5.74, 6) is 0.662. The highest BCUT2D eigenvalue weighted by molar-refractivity contribution is 7.10. The number of hydrogen-bond acceptors (Lipinski definition) is 5. The summed E-state index contributed by atoms with van der Waals surface area (Å²) >= 11 is 1.63. The van der Waals surface area contributed by atoms with E-state index in [1.54, 1.807) is 23.5 Å². The Kier molecular flexibility index (Phi) is 7.06. The second kappa shape index (κ2) is 9.71. The fraction of sp³-hybridized carbons (Fsp3) is 0.429. The summed E-state index contributed by atoms with van der Waals surface area (Å²) in [5, 5.41) is 5.01. The Balaban J connectivity index is 1.48. The first-order valence-electron chi connectivity index (χ1n) is 9.44. The lowest BCUT2D eigenvalue weighted by Gasteiger charge is -2.32. The highest BCUT2D eigenvalue weighted by atomic mass is 32.1. The Hall–Kier alpha value is -2.38. The number of rotatable bonds is 7. The van der Waals surface area contributed by atoms with E-state index in [2.05, 4.69) is 5.32 Å². The van der Waals surface area contributed by atoms with Crippen molar-refractivity contribution in [2.75, 3.05) is 26.8 Å². The van der Waals surface area contributed by atoms with Crippen molar-refractivity contribution in [3.8, 4) is 5.75 Å². The van der Waals surface area contributed by atoms with Crippen LogP contribution in [0.1, 0.15) is 41.0 Å². The molecule has 3 rings (SSSR count). The smallest absolute Gasteiger partial charge is 0.251 e. The molecule has 0 saturated carbocycles. The minimum absolute atomic E-state index is 0.0190. The number of carbonyl (C=O) groups is 2. The largest absolute Gasteiger partial charge is 0.490 e. The van der Waals surface area contributed by atoms with Gasteiger partial charge in [-0.25, -0.2) is 0 Å². The van der Waals surface area contributed by atoms with E-state index in [4.69, 9.17) is 9.47 Å². The van der Waals surface area contributed by atoms with E-state index in [9.17, 15) is 9.59 Å². The number of piperidine rings is 1. The van der Waals surface area contributed by atoms with Gasteiger partial charge in [0.15, 0.2) is 0 Å². The number of hydrogen-bond donors (Lipinski definition) is 1. The second-order valence-electron chi connectivity index (χ2n) is 6.87. The van der Waals surface area contributed by atoms with Crippen molar-refractivity contribution in [2.45, 2.75) is 31.9 Å². The molecule has 1 atom stereocenters. The van der Waals surface area contributed by atoms with Crippen LogP contribution in [-0.2, 0) is 9.53 Å². The maximum absolute atomic E-state index is 12.4. The Morgan fingerprint density at radius 2 is 1.93 bits per heavy atom. The molecule has 2 amide bonds. The molecule has 150 valence electrons. The minimum atomic E-state index is -0.0996. The van der Waals surface area contributed by atoms with Crippen molar-refractivity contribution in [3.63, 3.8) is 0 Å². The van der Waals surface area contributed by atoms with Gasteiger partial charge in [-0.1, -0.05) is 6.07 Å². The van der Waals surface area contributed by atoms with E-state index >= 15 is 0 Å². The van der Waals surface area contributed by atoms with Gasteiger partial charge in [-0.2, -0.15) is 0 Å². The highest BCUT2D eigenvalue weighted by Gasteiger charge is 2.23. The van der Waals surface area contributed by atoms with Gasteiger partial charge in [0.2, 0.25) is 5.91 Å². The van der Waals surface area contributed by atoms with Crippen LogP contribution >= 0.6 is 11.3 Å². The van der Waals surface area contributed by atoms with Crippen molar-refractivity contribution in [3.05, 3.63) is 52.2 Å². The molecule has 2 aromatic rings. The summed E-state index contributed by atoms with van der Waals surface area (Å²) < 4.78 is 10.9. The van der Waals surface area contributed by atoms with Crippen LogP contribution in [0.25, 0.3) is 0 Å². The standard InChI is InChI=1S/C21H26N2O4S/c1-15(19-4-3-13-28-19)22-21(25)16-5-7-17(8-6-16)27-18-9-11-23(12-10-18)20(24)14-26-2/h3-8,13,15,18H,9-12,14H2,1-2H3,(H,22,25)/t15-/m1/s1. The van der Waals surface area contributed by atoms with Crippen LogP contribution in [0.15, 0.2) is 41.8 Å². The van der Waals surface area contributed by atoms with E-state index in [0.29, 0.717) is 18.7 Å². The third-order valence-corrected chi connectivity index (χ3v) is 5.85. The summed E-state index contributed by atoms with van der Waals surface area (Å²) in [7, 11) is 1.53. The number of carbonyl (C=O) groups excluding carboxylic acids is 2. The van der Waals surface area contributed by atoms with E-state index < -0.39 is 0 Å². The summed E-state index contributed by atoms with van der Waals surface area (Å²) in [6.45, 7) is 3.45. The van der Waals surface area contributed by atoms with E-state index in [1.807, 2.05) is 41.5 Å². The number of benzene rings is 1. The number of likely N-dealkylation sites (tertiary alicyclic amines) is 1. The first-order valence-corrected chi connectivity index (χ1v) is 10.3. The van der Waals surface area contributed by atoms with Gasteiger partial charge in [-0.15, -0.1) is 11.3 Å². The number of thiophene rings is 1. The zero-order valence-corrected chi connectivity index (χ0v) is 17.0. The molecule has 0 aliphatic carbocycles. The summed E-state index contributed by atoms with van der Waals surface area (Å²) in [4.78, 5) is 27.2. The van der Waals surface area contributed by atoms with Crippen molar-refractivity contribution in [1.29, 1.82) is 0 Å². The summed E-state index contributed by atoms with van der Waals surface area (Å²) in [5.41, 5.74) is 0.607. The lowest BCUT2D eigenvalue weighted by molar-refractivity contribution is -0.136. The number of nitrogens with zero attached hydrogens (tertiary/aromatic N) is 1. The Morgan fingerprint density at radius 1 is 1.21 bits per heavy atom. The monoisotopic (exact) mass is 402 g/mol. The molecule has 1 aliphatic rings. The van der Waals surface area contributed by atoms with Gasteiger partial charge in [0.25, 0.3) is 5.91 Å². The molecule has 1 N–H and O–H groups in total. The lowest BCUT2D eigenvalue weighted by Crippen LogP contribution is -2.43. The zero-order chi connectivity index (χ0) is 19.9. The normalized spacial score (nSPS) is 15.9. The topological polar surface area (TPSA) is 67.9 Å². The molecule has 28 heavy (non-hydrogen) atoms. The summed E-state index contributed by atoms with van der Waals surface area (Å²) in [6.07, 6.45) is 1.65. The molecule has 1 fully saturated rings. The van der Waals surface area contributed by atoms with Crippen LogP contribution < -0.4 is 10.1 Å². The average molecular weight is 403 g/mol. The zero-order valence-electron chi connectivity index (χ0n) is 16.2. The predicted octanol–water partition coefficient (Wildman–Crippen LogP) is 3.26. The number of amides is 2. The first-order chi connectivity index (χ1) is 13.6. The molecular formula is C21H26N2O4S. The molecule has 1 saturated heterocycles. The molecule has 7 heteroatoms. The van der Waals surface area contributed by atoms with Crippen molar-refractivity contribution < 1.29 is 19.1 Å². The second-order valence-corrected chi connectivity index (χ2v) is 7.85. The van der Waals surface area contributed by atoms with Gasteiger partial charge in [0.1, 0.15) is 18.5 Å². The van der Waals surface area contributed by atoms with Crippen molar-refractivity contribution in [2.24, 2.45) is 0 Å². The minimum Gasteiger partial charge on any atom is -0.490 e. The molecule has 1 aromatic carbocycles. The lowest BCUT2D eigenvalue weighted by atomic mass is 10.1. The van der Waals surface area contributed by atoms with Crippen LogP contribution in [0, 0.1) is 0 Å². The van der Waals surface area contributed by atoms with Gasteiger partial charge < -0.3 is 19.7 Å². The van der Waals surface area contributed by atoms with Crippen molar-refractivity contribution in [1.82, 2.24) is 10.2 Å². The molecule has 0 unspecified atom stereocenters. The van der Waals surface area contributed by atoms with E-state index in [-0.39, 0.29) is 30.6 Å². The van der Waals surface area contributed by atoms with Gasteiger partial charge in [0, 0.05) is 43.5 Å². The number of nitrogens with one attached hydrogen (secondary N) is 1. The Morgan fingerprint density at radius 3 is 2.54 bits per heavy atom. The van der Waals surface area contributed by atoms with E-state index in [0.717, 1.165) is 23.5 Å². The maximum atomic E-state index is 12.4. The third-order valence-electron chi connectivity index (χ3n) is 4.80. The van der Waals surface area contributed by atoms with Crippen LogP contribution in [0.2, 0.25) is 0 Å². The molecular weight excluding hydrogens is 376 g/mol. The SMILES string of the molecule is COCC(=O)N1CCC(Oc2ccc(C(=O)N[C@H](C)c3cccs3)cc2)CC1. The highest BCUT2D eigenvalue weighted by Crippen LogP contribution is 2.21. The molecule has 0 radical (unpaired) electrons. The molecule has 1 aromatic heterocycles. The predicted molar refractivity (Wildman–Crippen MR) is 109 cm³/mol. The molecule has 1 aliphatic heterocycles. The molecule has 2 heterocycles. The maximum Gasteiger partial charge on any atom is 0.251 e. The molecule has 0 spiro atoms. The first kappa shape index (κ1) is 20.4. The number of ether oxygens (including phenoxy) is 2. The fourth-order valence-corrected chi connectivity index (χ4v) is 3.94. The van der Waals surface area contributed by atoms with Crippen molar-refractivity contribution >= 4 is 23.2 Å². The quantitative estimate of drug-likeness (QED) is 0.772.